The molecule has 1 aromatic heterocycles. The summed E-state index contributed by atoms with van der Waals surface area (Å²) in [6.45, 7) is 5.21. The van der Waals surface area contributed by atoms with Crippen LogP contribution in [-0.4, -0.2) is 30.5 Å². The lowest BCUT2D eigenvalue weighted by molar-refractivity contribution is -0.0939. The Morgan fingerprint density at radius 3 is 3.11 bits per heavy atom. The summed E-state index contributed by atoms with van der Waals surface area (Å²) in [5.74, 6) is 0. The number of aryl methyl sites for hydroxylation is 1. The molecule has 2 atom stereocenters. The molecule has 0 spiro atoms. The zero-order valence-corrected chi connectivity index (χ0v) is 11.0. The SMILES string of the molecule is Cc1cc2c(n1CC1COCCO1)CCCC2N. The average molecular weight is 250 g/mol. The number of nitrogens with zero attached hydrogens (tertiary/aromatic N) is 1. The van der Waals surface area contributed by atoms with Gasteiger partial charge in [0.25, 0.3) is 0 Å². The molecule has 100 valence electrons. The highest BCUT2D eigenvalue weighted by Crippen LogP contribution is 2.31. The fourth-order valence-corrected chi connectivity index (χ4v) is 3.10. The van der Waals surface area contributed by atoms with Crippen LogP contribution in [0.3, 0.4) is 0 Å². The molecule has 1 fully saturated rings. The van der Waals surface area contributed by atoms with Crippen LogP contribution < -0.4 is 5.73 Å². The predicted molar refractivity (Wildman–Crippen MR) is 69.6 cm³/mol. The van der Waals surface area contributed by atoms with E-state index in [9.17, 15) is 0 Å². The standard InChI is InChI=1S/C14H22N2O2/c1-10-7-12-13(15)3-2-4-14(12)16(10)8-11-9-17-5-6-18-11/h7,11,13H,2-6,8-9,15H2,1H3. The van der Waals surface area contributed by atoms with E-state index in [1.807, 2.05) is 0 Å². The van der Waals surface area contributed by atoms with Gasteiger partial charge in [-0.05, 0) is 37.8 Å². The molecule has 0 radical (unpaired) electrons. The van der Waals surface area contributed by atoms with E-state index in [1.54, 1.807) is 0 Å². The van der Waals surface area contributed by atoms with Crippen molar-refractivity contribution < 1.29 is 9.47 Å². The smallest absolute Gasteiger partial charge is 0.0987 e. The lowest BCUT2D eigenvalue weighted by Crippen LogP contribution is -2.33. The lowest BCUT2D eigenvalue weighted by Gasteiger charge is -2.26. The Kier molecular flexibility index (Phi) is 3.41. The van der Waals surface area contributed by atoms with Crippen molar-refractivity contribution in [3.05, 3.63) is 23.0 Å². The van der Waals surface area contributed by atoms with Crippen molar-refractivity contribution >= 4 is 0 Å². The summed E-state index contributed by atoms with van der Waals surface area (Å²) in [4.78, 5) is 0. The fraction of sp³-hybridized carbons (Fsp3) is 0.714. The fourth-order valence-electron chi connectivity index (χ4n) is 3.10. The van der Waals surface area contributed by atoms with E-state index in [0.717, 1.165) is 26.0 Å². The van der Waals surface area contributed by atoms with E-state index in [1.165, 1.54) is 23.4 Å². The third-order valence-electron chi connectivity index (χ3n) is 4.05. The minimum absolute atomic E-state index is 0.187. The highest BCUT2D eigenvalue weighted by Gasteiger charge is 2.24. The lowest BCUT2D eigenvalue weighted by atomic mass is 9.93. The van der Waals surface area contributed by atoms with Gasteiger partial charge in [0.15, 0.2) is 0 Å². The van der Waals surface area contributed by atoms with E-state index in [2.05, 4.69) is 17.6 Å². The molecule has 18 heavy (non-hydrogen) atoms. The van der Waals surface area contributed by atoms with E-state index >= 15 is 0 Å². The van der Waals surface area contributed by atoms with Gasteiger partial charge in [-0.25, -0.2) is 0 Å². The minimum atomic E-state index is 0.187. The molecule has 4 nitrogen and oxygen atoms in total. The van der Waals surface area contributed by atoms with Crippen molar-refractivity contribution in [3.63, 3.8) is 0 Å². The summed E-state index contributed by atoms with van der Waals surface area (Å²) in [7, 11) is 0. The second kappa shape index (κ2) is 5.03. The van der Waals surface area contributed by atoms with Gasteiger partial charge in [-0.15, -0.1) is 0 Å². The van der Waals surface area contributed by atoms with Gasteiger partial charge in [-0.2, -0.15) is 0 Å². The van der Waals surface area contributed by atoms with Crippen molar-refractivity contribution in [2.75, 3.05) is 19.8 Å². The number of rotatable bonds is 2. The first-order chi connectivity index (χ1) is 8.75. The predicted octanol–water partition coefficient (Wildman–Crippen LogP) is 1.55. The molecule has 4 heteroatoms. The van der Waals surface area contributed by atoms with E-state index in [-0.39, 0.29) is 12.1 Å². The highest BCUT2D eigenvalue weighted by atomic mass is 16.6. The molecular formula is C14H22N2O2. The molecule has 0 bridgehead atoms. The van der Waals surface area contributed by atoms with Crippen LogP contribution in [0.1, 0.15) is 35.8 Å². The van der Waals surface area contributed by atoms with Crippen LogP contribution in [-0.2, 0) is 22.4 Å². The van der Waals surface area contributed by atoms with Crippen LogP contribution in [0.25, 0.3) is 0 Å². The van der Waals surface area contributed by atoms with Crippen molar-refractivity contribution in [1.29, 1.82) is 0 Å². The van der Waals surface area contributed by atoms with Gasteiger partial charge >= 0.3 is 0 Å². The number of hydrogen-bond acceptors (Lipinski definition) is 3. The Balaban J connectivity index is 1.82. The maximum Gasteiger partial charge on any atom is 0.0987 e. The zero-order chi connectivity index (χ0) is 12.5. The van der Waals surface area contributed by atoms with E-state index < -0.39 is 0 Å². The summed E-state index contributed by atoms with van der Waals surface area (Å²) >= 11 is 0. The van der Waals surface area contributed by atoms with Gasteiger partial charge in [0.1, 0.15) is 0 Å². The maximum atomic E-state index is 6.19. The summed E-state index contributed by atoms with van der Waals surface area (Å²) in [5, 5.41) is 0. The van der Waals surface area contributed by atoms with Gasteiger partial charge in [-0.1, -0.05) is 0 Å². The van der Waals surface area contributed by atoms with Gasteiger partial charge in [0.2, 0.25) is 0 Å². The highest BCUT2D eigenvalue weighted by molar-refractivity contribution is 5.32. The average Bonchev–Trinajstić information content (AvgIpc) is 2.70. The number of aromatic nitrogens is 1. The molecule has 2 unspecified atom stereocenters. The summed E-state index contributed by atoms with van der Waals surface area (Å²) in [5.41, 5.74) is 10.3. The number of nitrogens with two attached hydrogens (primary N) is 1. The Bertz CT molecular complexity index is 422. The largest absolute Gasteiger partial charge is 0.376 e. The minimum Gasteiger partial charge on any atom is -0.376 e. The molecule has 1 aromatic rings. The second-order valence-electron chi connectivity index (χ2n) is 5.36. The molecule has 2 N–H and O–H groups in total. The molecule has 2 heterocycles. The van der Waals surface area contributed by atoms with Gasteiger partial charge in [-0.3, -0.25) is 0 Å². The molecule has 0 aromatic carbocycles. The Morgan fingerprint density at radius 1 is 1.44 bits per heavy atom. The van der Waals surface area contributed by atoms with Crippen molar-refractivity contribution in [2.45, 2.75) is 44.9 Å². The first kappa shape index (κ1) is 12.2. The summed E-state index contributed by atoms with van der Waals surface area (Å²) < 4.78 is 13.6. The first-order valence-electron chi connectivity index (χ1n) is 6.89. The summed E-state index contributed by atoms with van der Waals surface area (Å²) in [6.07, 6.45) is 3.64. The van der Waals surface area contributed by atoms with Crippen LogP contribution in [0.15, 0.2) is 6.07 Å². The number of ether oxygens (including phenoxy) is 2. The van der Waals surface area contributed by atoms with Crippen molar-refractivity contribution in [3.8, 4) is 0 Å². The number of fused-ring (bicyclic) bond motifs is 1. The maximum absolute atomic E-state index is 6.19. The second-order valence-corrected chi connectivity index (χ2v) is 5.36. The van der Waals surface area contributed by atoms with Gasteiger partial charge in [0.05, 0.1) is 32.5 Å². The Labute approximate surface area is 108 Å². The quantitative estimate of drug-likeness (QED) is 0.866. The molecule has 2 aliphatic rings. The van der Waals surface area contributed by atoms with Crippen LogP contribution in [0.4, 0.5) is 0 Å². The summed E-state index contributed by atoms with van der Waals surface area (Å²) in [6, 6.07) is 2.47. The molecular weight excluding hydrogens is 228 g/mol. The van der Waals surface area contributed by atoms with Crippen LogP contribution in [0.5, 0.6) is 0 Å². The van der Waals surface area contributed by atoms with Crippen LogP contribution in [0.2, 0.25) is 0 Å². The van der Waals surface area contributed by atoms with Crippen molar-refractivity contribution in [2.24, 2.45) is 5.73 Å². The molecule has 0 amide bonds. The first-order valence-corrected chi connectivity index (χ1v) is 6.89. The normalized spacial score (nSPS) is 28.1. The molecule has 1 saturated heterocycles. The van der Waals surface area contributed by atoms with Crippen LogP contribution >= 0.6 is 0 Å². The topological polar surface area (TPSA) is 49.4 Å². The third-order valence-corrected chi connectivity index (χ3v) is 4.05. The molecule has 1 aliphatic carbocycles. The molecule has 3 rings (SSSR count). The number of hydrogen-bond donors (Lipinski definition) is 1. The van der Waals surface area contributed by atoms with Crippen LogP contribution in [0, 0.1) is 6.92 Å². The van der Waals surface area contributed by atoms with Crippen molar-refractivity contribution in [1.82, 2.24) is 4.57 Å². The zero-order valence-electron chi connectivity index (χ0n) is 11.0. The Morgan fingerprint density at radius 2 is 2.33 bits per heavy atom. The van der Waals surface area contributed by atoms with Gasteiger partial charge < -0.3 is 19.8 Å². The van der Waals surface area contributed by atoms with E-state index in [4.69, 9.17) is 15.2 Å². The molecule has 1 aliphatic heterocycles. The van der Waals surface area contributed by atoms with E-state index in [0.29, 0.717) is 13.2 Å². The molecule has 0 saturated carbocycles. The third kappa shape index (κ3) is 2.20. The van der Waals surface area contributed by atoms with Gasteiger partial charge in [0, 0.05) is 17.4 Å². The Hall–Kier alpha value is -0.840. The monoisotopic (exact) mass is 250 g/mol.